The van der Waals surface area contributed by atoms with E-state index in [0.717, 1.165) is 42.8 Å². The van der Waals surface area contributed by atoms with Crippen molar-refractivity contribution in [3.63, 3.8) is 0 Å². The van der Waals surface area contributed by atoms with Crippen molar-refractivity contribution in [1.29, 1.82) is 0 Å². The number of carbonyl (C=O) groups is 3. The maximum Gasteiger partial charge on any atom is 0.337 e. The van der Waals surface area contributed by atoms with E-state index in [-0.39, 0.29) is 82.1 Å². The number of aliphatic carboxylic acids is 1. The van der Waals surface area contributed by atoms with Crippen LogP contribution in [0.15, 0.2) is 116 Å². The molecule has 0 amide bonds. The van der Waals surface area contributed by atoms with E-state index in [2.05, 4.69) is 15.3 Å². The lowest BCUT2D eigenvalue weighted by atomic mass is 9.99. The molecule has 13 nitrogen and oxygen atoms in total. The van der Waals surface area contributed by atoms with Crippen LogP contribution in [0.5, 0.6) is 34.5 Å². The Bertz CT molecular complexity index is 3190. The van der Waals surface area contributed by atoms with Gasteiger partial charge in [0.05, 0.1) is 36.6 Å². The van der Waals surface area contributed by atoms with Gasteiger partial charge in [-0.1, -0.05) is 29.3 Å². The van der Waals surface area contributed by atoms with Gasteiger partial charge in [0.2, 0.25) is 0 Å². The molecule has 0 unspecified atom stereocenters. The third-order valence-electron chi connectivity index (χ3n) is 10.7. The number of hydrogen-bond acceptors (Lipinski definition) is 12. The van der Waals surface area contributed by atoms with Gasteiger partial charge in [-0.3, -0.25) is 19.6 Å². The molecule has 21 heteroatoms. The number of aromatic nitrogens is 2. The summed E-state index contributed by atoms with van der Waals surface area (Å²) in [5, 5.41) is 12.4. The summed E-state index contributed by atoms with van der Waals surface area (Å²) in [5.74, 6) is -7.55. The van der Waals surface area contributed by atoms with Crippen molar-refractivity contribution in [2.24, 2.45) is 0 Å². The topological polar surface area (TPSA) is 165 Å². The molecule has 7 aromatic rings. The number of anilines is 1. The monoisotopic (exact) mass is 1060 g/mol. The van der Waals surface area contributed by atoms with Crippen LogP contribution in [0.4, 0.5) is 32.0 Å². The molecule has 2 N–H and O–H groups in total. The Balaban J connectivity index is 0.000000238. The van der Waals surface area contributed by atoms with Crippen molar-refractivity contribution in [2.75, 3.05) is 25.6 Å². The van der Waals surface area contributed by atoms with Gasteiger partial charge in [-0.2, -0.15) is 0 Å². The Hall–Kier alpha value is -7.87. The summed E-state index contributed by atoms with van der Waals surface area (Å²) in [6.45, 7) is 0.937. The Labute approximate surface area is 428 Å². The SMILES string of the molecule is COC(=O)c1ccc(CC(=O)Cc2cc(F)c(Oc3ccnc(COc4ccc(Cl)cc4F)c3)cc2F)c(NC[C@@H]2CCO2)c1.O=C(O)Cc1cc(F)c(Oc2ccnc(COc3ccc(Cl)cc3F)c2)cc1F. The standard InChI is InChI=1S/C33H28ClF3N2O6.C20H13ClF3NO4/c1-42-33(41)20-3-2-19(30(13-20)39-17-26-7-9-43-26)10-24(40)11-21-12-28(36)32(16-27(21)35)45-25-6-8-38-23(15-25)18-44-31-5-4-22(34)14-29(31)37;21-12-1-2-18(17(24)7-12)28-10-13-8-14(3-4-25-13)29-19-9-15(22)11(5-16(19)23)6-20(26)27/h2-6,8,12-16,26,39H,7,9-11,17-18H2,1H3;1-5,7-9H,6,10H2,(H,26,27)/t26-;/m0./s1. The number of nitrogens with one attached hydrogen (secondary N) is 1. The molecular formula is C53H41Cl2F6N3O10. The molecule has 0 radical (unpaired) electrons. The predicted molar refractivity (Wildman–Crippen MR) is 257 cm³/mol. The maximum absolute atomic E-state index is 15.0. The summed E-state index contributed by atoms with van der Waals surface area (Å²) in [7, 11) is 1.27. The fourth-order valence-corrected chi connectivity index (χ4v) is 7.28. The van der Waals surface area contributed by atoms with Crippen molar-refractivity contribution in [3.05, 3.63) is 194 Å². The number of hydrogen-bond donors (Lipinski definition) is 2. The highest BCUT2D eigenvalue weighted by molar-refractivity contribution is 6.30. The predicted octanol–water partition coefficient (Wildman–Crippen LogP) is 12.0. The molecule has 0 aliphatic carbocycles. The number of carboxylic acids is 1. The lowest BCUT2D eigenvalue weighted by Crippen LogP contribution is -2.33. The minimum atomic E-state index is -1.28. The molecule has 1 saturated heterocycles. The number of nitrogens with zero attached hydrogens (tertiary/aromatic N) is 2. The first-order valence-electron chi connectivity index (χ1n) is 22.2. The molecule has 0 spiro atoms. The average Bonchev–Trinajstić information content (AvgIpc) is 3.34. The van der Waals surface area contributed by atoms with Crippen LogP contribution in [0.2, 0.25) is 10.0 Å². The Morgan fingerprint density at radius 1 is 0.622 bits per heavy atom. The first-order chi connectivity index (χ1) is 35.5. The molecule has 1 atom stereocenters. The molecule has 5 aromatic carbocycles. The van der Waals surface area contributed by atoms with Gasteiger partial charge in [0, 0.05) is 83.9 Å². The van der Waals surface area contributed by atoms with E-state index in [1.165, 1.54) is 68.0 Å². The molecule has 2 aromatic heterocycles. The zero-order valence-corrected chi connectivity index (χ0v) is 40.3. The number of rotatable bonds is 20. The number of esters is 1. The van der Waals surface area contributed by atoms with Gasteiger partial charge in [-0.25, -0.2) is 31.1 Å². The summed E-state index contributed by atoms with van der Waals surface area (Å²) < 4.78 is 118. The summed E-state index contributed by atoms with van der Waals surface area (Å²) in [6, 6.07) is 21.7. The van der Waals surface area contributed by atoms with Crippen LogP contribution < -0.4 is 24.3 Å². The third-order valence-corrected chi connectivity index (χ3v) is 11.2. The molecule has 0 bridgehead atoms. The van der Waals surface area contributed by atoms with Crippen molar-refractivity contribution >= 4 is 46.6 Å². The van der Waals surface area contributed by atoms with Crippen molar-refractivity contribution in [2.45, 2.75) is 45.0 Å². The third kappa shape index (κ3) is 15.1. The van der Waals surface area contributed by atoms with Gasteiger partial charge in [0.1, 0.15) is 42.1 Å². The fraction of sp³-hybridized carbons (Fsp3) is 0.189. The normalized spacial score (nSPS) is 12.6. The van der Waals surface area contributed by atoms with Crippen molar-refractivity contribution in [3.8, 4) is 34.5 Å². The zero-order valence-electron chi connectivity index (χ0n) is 38.7. The lowest BCUT2D eigenvalue weighted by molar-refractivity contribution is -0.136. The van der Waals surface area contributed by atoms with Gasteiger partial charge in [-0.05, 0) is 90.3 Å². The van der Waals surface area contributed by atoms with Crippen LogP contribution in [-0.4, -0.2) is 59.2 Å². The Morgan fingerprint density at radius 2 is 1.12 bits per heavy atom. The molecule has 8 rings (SSSR count). The van der Waals surface area contributed by atoms with E-state index >= 15 is 8.78 Å². The van der Waals surface area contributed by atoms with Gasteiger partial charge in [-0.15, -0.1) is 0 Å². The van der Waals surface area contributed by atoms with Crippen molar-refractivity contribution in [1.82, 2.24) is 9.97 Å². The number of ether oxygens (including phenoxy) is 6. The molecule has 0 saturated carbocycles. The Morgan fingerprint density at radius 3 is 1.59 bits per heavy atom. The first kappa shape index (κ1) is 53.9. The van der Waals surface area contributed by atoms with Gasteiger partial charge < -0.3 is 38.8 Å². The van der Waals surface area contributed by atoms with E-state index in [4.69, 9.17) is 56.7 Å². The smallest absolute Gasteiger partial charge is 0.337 e. The number of methoxy groups -OCH3 is 1. The molecular weight excluding hydrogens is 1020 g/mol. The second-order valence-corrected chi connectivity index (χ2v) is 17.0. The minimum Gasteiger partial charge on any atom is -0.484 e. The molecule has 3 heterocycles. The van der Waals surface area contributed by atoms with Crippen LogP contribution in [0.25, 0.3) is 0 Å². The number of Topliss-reactive ketones (excluding diaryl/α,β-unsaturated/α-hetero) is 1. The first-order valence-corrected chi connectivity index (χ1v) is 22.9. The van der Waals surface area contributed by atoms with Crippen LogP contribution in [0.3, 0.4) is 0 Å². The minimum absolute atomic E-state index is 0.0235. The quantitative estimate of drug-likeness (QED) is 0.0548. The van der Waals surface area contributed by atoms with Crippen LogP contribution in [-0.2, 0) is 51.5 Å². The highest BCUT2D eigenvalue weighted by Gasteiger charge is 2.21. The van der Waals surface area contributed by atoms with Gasteiger partial charge in [0.15, 0.2) is 46.3 Å². The molecule has 1 fully saturated rings. The van der Waals surface area contributed by atoms with Crippen LogP contribution in [0.1, 0.15) is 44.9 Å². The number of carbonyl (C=O) groups excluding carboxylic acids is 2. The molecule has 1 aliphatic rings. The van der Waals surface area contributed by atoms with E-state index in [1.54, 1.807) is 18.2 Å². The van der Waals surface area contributed by atoms with E-state index in [9.17, 15) is 31.9 Å². The van der Waals surface area contributed by atoms with E-state index in [0.29, 0.717) is 41.4 Å². The maximum atomic E-state index is 15.0. The summed E-state index contributed by atoms with van der Waals surface area (Å²) >= 11 is 11.4. The lowest BCUT2D eigenvalue weighted by Gasteiger charge is -2.27. The van der Waals surface area contributed by atoms with E-state index < -0.39 is 64.8 Å². The summed E-state index contributed by atoms with van der Waals surface area (Å²) in [4.78, 5) is 43.8. The van der Waals surface area contributed by atoms with Crippen LogP contribution in [0, 0.1) is 34.9 Å². The Kier molecular flexibility index (Phi) is 18.3. The van der Waals surface area contributed by atoms with Gasteiger partial charge in [0.25, 0.3) is 0 Å². The zero-order chi connectivity index (χ0) is 52.9. The van der Waals surface area contributed by atoms with Crippen LogP contribution >= 0.6 is 23.2 Å². The van der Waals surface area contributed by atoms with Gasteiger partial charge >= 0.3 is 11.9 Å². The van der Waals surface area contributed by atoms with Crippen molar-refractivity contribution < 1.29 is 74.3 Å². The number of halogens is 8. The fourth-order valence-electron chi connectivity index (χ4n) is 6.97. The number of benzene rings is 5. The largest absolute Gasteiger partial charge is 0.484 e. The number of ketones is 1. The van der Waals surface area contributed by atoms with E-state index in [1.807, 2.05) is 0 Å². The highest BCUT2D eigenvalue weighted by Crippen LogP contribution is 2.31. The summed E-state index contributed by atoms with van der Waals surface area (Å²) in [6.07, 6.45) is 2.55. The number of carboxylic acid groups (broad SMARTS) is 1. The molecule has 384 valence electrons. The summed E-state index contributed by atoms with van der Waals surface area (Å²) in [5.41, 5.74) is 1.71. The molecule has 1 aliphatic heterocycles. The number of pyridine rings is 2. The average molecular weight is 1060 g/mol. The molecule has 74 heavy (non-hydrogen) atoms. The second-order valence-electron chi connectivity index (χ2n) is 16.1. The second kappa shape index (κ2) is 25.2. The highest BCUT2D eigenvalue weighted by atomic mass is 35.5.